The summed E-state index contributed by atoms with van der Waals surface area (Å²) >= 11 is 6.79. The normalized spacial score (nSPS) is 14.9. The van der Waals surface area contributed by atoms with Crippen molar-refractivity contribution < 1.29 is 18.7 Å². The molecular formula is C26H17NO4S2. The van der Waals surface area contributed by atoms with Crippen LogP contribution in [0.15, 0.2) is 88.2 Å². The summed E-state index contributed by atoms with van der Waals surface area (Å²) in [6.45, 7) is 0. The van der Waals surface area contributed by atoms with Crippen molar-refractivity contribution in [2.75, 3.05) is 12.0 Å². The smallest absolute Gasteiger partial charge is 0.337 e. The van der Waals surface area contributed by atoms with Crippen LogP contribution < -0.4 is 4.90 Å². The fraction of sp³-hybridized carbons (Fsp3) is 0.0385. The fourth-order valence-electron chi connectivity index (χ4n) is 3.68. The second kappa shape index (κ2) is 8.69. The Morgan fingerprint density at radius 1 is 1.00 bits per heavy atom. The van der Waals surface area contributed by atoms with E-state index in [-0.39, 0.29) is 5.91 Å². The van der Waals surface area contributed by atoms with Crippen molar-refractivity contribution in [3.05, 3.63) is 95.1 Å². The van der Waals surface area contributed by atoms with Gasteiger partial charge in [-0.25, -0.2) is 4.79 Å². The maximum atomic E-state index is 13.2. The molecule has 1 aliphatic heterocycles. The van der Waals surface area contributed by atoms with Crippen LogP contribution >= 0.6 is 24.0 Å². The van der Waals surface area contributed by atoms with Gasteiger partial charge in [-0.3, -0.25) is 9.69 Å². The van der Waals surface area contributed by atoms with E-state index in [4.69, 9.17) is 21.4 Å². The van der Waals surface area contributed by atoms with Gasteiger partial charge in [0, 0.05) is 17.0 Å². The third-order valence-electron chi connectivity index (χ3n) is 5.29. The van der Waals surface area contributed by atoms with Gasteiger partial charge in [-0.05, 0) is 35.7 Å². The molecular weight excluding hydrogens is 454 g/mol. The molecule has 0 radical (unpaired) electrons. The van der Waals surface area contributed by atoms with Crippen LogP contribution in [0.5, 0.6) is 0 Å². The number of thioether (sulfide) groups is 1. The maximum Gasteiger partial charge on any atom is 0.337 e. The van der Waals surface area contributed by atoms with Gasteiger partial charge >= 0.3 is 5.97 Å². The van der Waals surface area contributed by atoms with Gasteiger partial charge in [-0.2, -0.15) is 0 Å². The maximum absolute atomic E-state index is 13.2. The second-order valence-electron chi connectivity index (χ2n) is 7.29. The first kappa shape index (κ1) is 21.2. The molecule has 1 amide bonds. The molecule has 5 rings (SSSR count). The Labute approximate surface area is 199 Å². The number of ether oxygens (including phenoxy) is 1. The van der Waals surface area contributed by atoms with Gasteiger partial charge < -0.3 is 9.15 Å². The molecule has 7 heteroatoms. The van der Waals surface area contributed by atoms with Crippen molar-refractivity contribution in [2.45, 2.75) is 0 Å². The van der Waals surface area contributed by atoms with Crippen molar-refractivity contribution in [2.24, 2.45) is 0 Å². The fourth-order valence-corrected chi connectivity index (χ4v) is 4.95. The standard InChI is InChI=1S/C26H17NO4S2/c1-30-25(29)18-11-9-17(10-12-18)22-14-13-19(31-22)15-23-24(28)27(26(32)33-23)21-8-4-6-16-5-2-3-7-20(16)21/h2-15H,1H3/b23-15-. The van der Waals surface area contributed by atoms with E-state index >= 15 is 0 Å². The van der Waals surface area contributed by atoms with Crippen LogP contribution in [-0.4, -0.2) is 23.3 Å². The molecule has 1 aliphatic rings. The number of fused-ring (bicyclic) bond motifs is 1. The molecule has 0 N–H and O–H groups in total. The highest BCUT2D eigenvalue weighted by Crippen LogP contribution is 2.39. The summed E-state index contributed by atoms with van der Waals surface area (Å²) in [4.78, 5) is 26.9. The number of benzene rings is 3. The molecule has 0 bridgehead atoms. The Balaban J connectivity index is 1.42. The Bertz CT molecular complexity index is 1430. The number of rotatable bonds is 4. The zero-order valence-electron chi connectivity index (χ0n) is 17.5. The van der Waals surface area contributed by atoms with Gasteiger partial charge in [-0.1, -0.05) is 72.5 Å². The third-order valence-corrected chi connectivity index (χ3v) is 6.59. The topological polar surface area (TPSA) is 59.8 Å². The molecule has 0 atom stereocenters. The van der Waals surface area contributed by atoms with Crippen LogP contribution in [-0.2, 0) is 9.53 Å². The zero-order chi connectivity index (χ0) is 22.9. The molecule has 0 aliphatic carbocycles. The molecule has 162 valence electrons. The highest BCUT2D eigenvalue weighted by atomic mass is 32.2. The van der Waals surface area contributed by atoms with Crippen molar-refractivity contribution in [3.63, 3.8) is 0 Å². The minimum Gasteiger partial charge on any atom is -0.465 e. The van der Waals surface area contributed by atoms with Gasteiger partial charge in [-0.15, -0.1) is 0 Å². The highest BCUT2D eigenvalue weighted by molar-refractivity contribution is 8.27. The number of hydrogen-bond acceptors (Lipinski definition) is 6. The summed E-state index contributed by atoms with van der Waals surface area (Å²) in [5.74, 6) is 0.597. The lowest BCUT2D eigenvalue weighted by Gasteiger charge is -2.17. The van der Waals surface area contributed by atoms with Crippen LogP contribution in [0.4, 0.5) is 5.69 Å². The van der Waals surface area contributed by atoms with Gasteiger partial charge in [0.05, 0.1) is 23.3 Å². The molecule has 0 saturated carbocycles. The average Bonchev–Trinajstić information content (AvgIpc) is 3.42. The van der Waals surface area contributed by atoms with Crippen molar-refractivity contribution in [1.29, 1.82) is 0 Å². The minimum absolute atomic E-state index is 0.179. The number of carbonyl (C=O) groups is 2. The summed E-state index contributed by atoms with van der Waals surface area (Å²) in [6, 6.07) is 24.3. The predicted octanol–water partition coefficient (Wildman–Crippen LogP) is 6.29. The van der Waals surface area contributed by atoms with E-state index in [2.05, 4.69) is 0 Å². The Kier molecular flexibility index (Phi) is 5.58. The lowest BCUT2D eigenvalue weighted by atomic mass is 10.1. The number of furan rings is 1. The van der Waals surface area contributed by atoms with Crippen LogP contribution in [0.2, 0.25) is 0 Å². The van der Waals surface area contributed by atoms with E-state index in [0.29, 0.717) is 26.3 Å². The van der Waals surface area contributed by atoms with Gasteiger partial charge in [0.15, 0.2) is 4.32 Å². The first-order valence-corrected chi connectivity index (χ1v) is 11.3. The lowest BCUT2D eigenvalue weighted by molar-refractivity contribution is -0.113. The zero-order valence-corrected chi connectivity index (χ0v) is 19.1. The van der Waals surface area contributed by atoms with Crippen molar-refractivity contribution in [3.8, 4) is 11.3 Å². The van der Waals surface area contributed by atoms with Gasteiger partial charge in [0.25, 0.3) is 5.91 Å². The minimum atomic E-state index is -0.394. The number of hydrogen-bond donors (Lipinski definition) is 0. The molecule has 33 heavy (non-hydrogen) atoms. The first-order chi connectivity index (χ1) is 16.0. The van der Waals surface area contributed by atoms with E-state index < -0.39 is 5.97 Å². The number of methoxy groups -OCH3 is 1. The molecule has 0 unspecified atom stereocenters. The number of thiocarbonyl (C=S) groups is 1. The molecule has 5 nitrogen and oxygen atoms in total. The summed E-state index contributed by atoms with van der Waals surface area (Å²) in [5, 5.41) is 2.01. The van der Waals surface area contributed by atoms with E-state index in [0.717, 1.165) is 22.0 Å². The SMILES string of the molecule is COC(=O)c1ccc(-c2ccc(/C=C3\SC(=S)N(c4cccc5ccccc45)C3=O)o2)cc1. The first-order valence-electron chi connectivity index (χ1n) is 10.1. The van der Waals surface area contributed by atoms with Crippen LogP contribution in [0.25, 0.3) is 28.2 Å². The molecule has 1 saturated heterocycles. The third kappa shape index (κ3) is 3.97. The van der Waals surface area contributed by atoms with Crippen molar-refractivity contribution >= 4 is 62.7 Å². The summed E-state index contributed by atoms with van der Waals surface area (Å²) < 4.78 is 11.1. The predicted molar refractivity (Wildman–Crippen MR) is 135 cm³/mol. The number of nitrogens with zero attached hydrogens (tertiary/aromatic N) is 1. The number of esters is 1. The molecule has 0 spiro atoms. The van der Waals surface area contributed by atoms with Crippen LogP contribution in [0.3, 0.4) is 0 Å². The van der Waals surface area contributed by atoms with E-state index in [1.54, 1.807) is 41.3 Å². The summed E-state index contributed by atoms with van der Waals surface area (Å²) in [7, 11) is 1.35. The molecule has 1 fully saturated rings. The Hall–Kier alpha value is -3.68. The van der Waals surface area contributed by atoms with E-state index in [9.17, 15) is 9.59 Å². The van der Waals surface area contributed by atoms with Crippen LogP contribution in [0.1, 0.15) is 16.1 Å². The second-order valence-corrected chi connectivity index (χ2v) is 8.96. The number of anilines is 1. The molecule has 4 aromatic rings. The van der Waals surface area contributed by atoms with Gasteiger partial charge in [0.2, 0.25) is 0 Å². The summed E-state index contributed by atoms with van der Waals surface area (Å²) in [5.41, 5.74) is 2.04. The van der Waals surface area contributed by atoms with Gasteiger partial charge in [0.1, 0.15) is 11.5 Å². The molecule has 2 heterocycles. The van der Waals surface area contributed by atoms with E-state index in [1.807, 2.05) is 48.5 Å². The average molecular weight is 472 g/mol. The molecule has 1 aromatic heterocycles. The monoisotopic (exact) mass is 471 g/mol. The highest BCUT2D eigenvalue weighted by Gasteiger charge is 2.34. The largest absolute Gasteiger partial charge is 0.465 e. The quantitative estimate of drug-likeness (QED) is 0.198. The van der Waals surface area contributed by atoms with E-state index in [1.165, 1.54) is 18.9 Å². The number of carbonyl (C=O) groups excluding carboxylic acids is 2. The van der Waals surface area contributed by atoms with Crippen molar-refractivity contribution in [1.82, 2.24) is 0 Å². The Morgan fingerprint density at radius 3 is 2.55 bits per heavy atom. The Morgan fingerprint density at radius 2 is 1.76 bits per heavy atom. The lowest BCUT2D eigenvalue weighted by Crippen LogP contribution is -2.27. The molecule has 3 aromatic carbocycles. The number of amides is 1. The van der Waals surface area contributed by atoms with Crippen LogP contribution in [0, 0.1) is 0 Å². The summed E-state index contributed by atoms with van der Waals surface area (Å²) in [6.07, 6.45) is 1.71.